The molecule has 0 unspecified atom stereocenters. The van der Waals surface area contributed by atoms with E-state index in [9.17, 15) is 4.79 Å². The Hall–Kier alpha value is -1.58. The van der Waals surface area contributed by atoms with Gasteiger partial charge in [0.25, 0.3) is 5.91 Å². The van der Waals surface area contributed by atoms with Crippen LogP contribution in [0.1, 0.15) is 41.6 Å². The summed E-state index contributed by atoms with van der Waals surface area (Å²) >= 11 is 0. The summed E-state index contributed by atoms with van der Waals surface area (Å²) in [4.78, 5) is 15.8. The predicted molar refractivity (Wildman–Crippen MR) is 63.2 cm³/mol. The van der Waals surface area contributed by atoms with Crippen molar-refractivity contribution in [2.24, 2.45) is 0 Å². The van der Waals surface area contributed by atoms with E-state index in [0.717, 1.165) is 24.8 Å². The molecule has 1 aromatic rings. The fraction of sp³-hybridized carbons (Fsp3) is 0.538. The summed E-state index contributed by atoms with van der Waals surface area (Å²) in [6.07, 6.45) is 7.56. The molecule has 2 aliphatic rings. The van der Waals surface area contributed by atoms with E-state index in [1.807, 2.05) is 6.07 Å². The minimum Gasteiger partial charge on any atom is -0.474 e. The fourth-order valence-electron chi connectivity index (χ4n) is 2.53. The smallest absolute Gasteiger partial charge is 0.253 e. The molecule has 3 rings (SSSR count). The molecule has 1 saturated carbocycles. The molecule has 0 bridgehead atoms. The Labute approximate surface area is 100 Å². The molecule has 4 heteroatoms. The molecule has 90 valence electrons. The topological polar surface area (TPSA) is 51.2 Å². The Balaban J connectivity index is 1.80. The van der Waals surface area contributed by atoms with Crippen LogP contribution in [-0.2, 0) is 6.42 Å². The molecule has 0 saturated heterocycles. The van der Waals surface area contributed by atoms with Crippen molar-refractivity contribution >= 4 is 5.91 Å². The average Bonchev–Trinajstić information content (AvgIpc) is 2.82. The second-order valence-corrected chi connectivity index (χ2v) is 4.71. The summed E-state index contributed by atoms with van der Waals surface area (Å²) in [6.45, 7) is 0.707. The van der Waals surface area contributed by atoms with Gasteiger partial charge >= 0.3 is 0 Å². The van der Waals surface area contributed by atoms with Crippen molar-refractivity contribution < 1.29 is 9.53 Å². The number of nitrogens with zero attached hydrogens (tertiary/aromatic N) is 1. The van der Waals surface area contributed by atoms with Gasteiger partial charge in [0.05, 0.1) is 5.56 Å². The summed E-state index contributed by atoms with van der Waals surface area (Å²) in [6, 6.07) is 1.92. The predicted octanol–water partition coefficient (Wildman–Crippen LogP) is 1.69. The van der Waals surface area contributed by atoms with Gasteiger partial charge in [-0.2, -0.15) is 0 Å². The lowest BCUT2D eigenvalue weighted by Crippen LogP contribution is -2.32. The van der Waals surface area contributed by atoms with Crippen LogP contribution in [0.15, 0.2) is 12.3 Å². The highest BCUT2D eigenvalue weighted by Gasteiger charge is 2.20. The van der Waals surface area contributed by atoms with Crippen LogP contribution in [0.5, 0.6) is 5.88 Å². The number of hydrogen-bond donors (Lipinski definition) is 1. The van der Waals surface area contributed by atoms with E-state index in [2.05, 4.69) is 10.3 Å². The highest BCUT2D eigenvalue weighted by atomic mass is 16.5. The maximum Gasteiger partial charge on any atom is 0.253 e. The van der Waals surface area contributed by atoms with Crippen LogP contribution in [0.25, 0.3) is 0 Å². The van der Waals surface area contributed by atoms with E-state index in [1.54, 1.807) is 6.20 Å². The number of ether oxygens (including phenoxy) is 1. The van der Waals surface area contributed by atoms with Crippen molar-refractivity contribution in [3.8, 4) is 5.88 Å². The molecule has 2 heterocycles. The largest absolute Gasteiger partial charge is 0.474 e. The number of nitrogens with one attached hydrogen (secondary N) is 1. The lowest BCUT2D eigenvalue weighted by atomic mass is 10.0. The molecule has 0 aromatic carbocycles. The molecule has 1 aliphatic heterocycles. The SMILES string of the molecule is O=C1NCCc2cc(OC3CCCC3)ncc21. The van der Waals surface area contributed by atoms with Crippen molar-refractivity contribution in [2.75, 3.05) is 6.54 Å². The van der Waals surface area contributed by atoms with E-state index in [4.69, 9.17) is 4.74 Å². The van der Waals surface area contributed by atoms with E-state index in [-0.39, 0.29) is 5.91 Å². The Morgan fingerprint density at radius 2 is 2.18 bits per heavy atom. The van der Waals surface area contributed by atoms with Crippen molar-refractivity contribution in [3.05, 3.63) is 23.4 Å². The van der Waals surface area contributed by atoms with Crippen LogP contribution in [0, 0.1) is 0 Å². The lowest BCUT2D eigenvalue weighted by molar-refractivity contribution is 0.0945. The van der Waals surface area contributed by atoms with Gasteiger partial charge in [0.2, 0.25) is 5.88 Å². The minimum absolute atomic E-state index is 0.0221. The van der Waals surface area contributed by atoms with Crippen LogP contribution in [0.3, 0.4) is 0 Å². The van der Waals surface area contributed by atoms with Crippen LogP contribution in [0.4, 0.5) is 0 Å². The van der Waals surface area contributed by atoms with Gasteiger partial charge in [0.1, 0.15) is 6.10 Å². The first-order valence-electron chi connectivity index (χ1n) is 6.27. The van der Waals surface area contributed by atoms with Crippen LogP contribution >= 0.6 is 0 Å². The van der Waals surface area contributed by atoms with Crippen LogP contribution in [-0.4, -0.2) is 23.5 Å². The van der Waals surface area contributed by atoms with Crippen molar-refractivity contribution in [1.29, 1.82) is 0 Å². The van der Waals surface area contributed by atoms with Gasteiger partial charge in [-0.1, -0.05) is 0 Å². The molecule has 1 aromatic heterocycles. The first-order valence-corrected chi connectivity index (χ1v) is 6.27. The highest BCUT2D eigenvalue weighted by molar-refractivity contribution is 5.96. The molecular weight excluding hydrogens is 216 g/mol. The zero-order valence-electron chi connectivity index (χ0n) is 9.74. The van der Waals surface area contributed by atoms with E-state index in [1.165, 1.54) is 12.8 Å². The van der Waals surface area contributed by atoms with Gasteiger partial charge in [-0.05, 0) is 37.7 Å². The van der Waals surface area contributed by atoms with E-state index < -0.39 is 0 Å². The Bertz CT molecular complexity index is 439. The Kier molecular flexibility index (Phi) is 2.71. The third-order valence-corrected chi connectivity index (χ3v) is 3.48. The number of fused-ring (bicyclic) bond motifs is 1. The number of amides is 1. The van der Waals surface area contributed by atoms with Crippen molar-refractivity contribution in [2.45, 2.75) is 38.2 Å². The number of carbonyl (C=O) groups excluding carboxylic acids is 1. The van der Waals surface area contributed by atoms with E-state index in [0.29, 0.717) is 24.1 Å². The maximum atomic E-state index is 11.5. The van der Waals surface area contributed by atoms with Gasteiger partial charge in [0.15, 0.2) is 0 Å². The van der Waals surface area contributed by atoms with Gasteiger partial charge < -0.3 is 10.1 Å². The zero-order chi connectivity index (χ0) is 11.7. The molecule has 1 aliphatic carbocycles. The van der Waals surface area contributed by atoms with E-state index >= 15 is 0 Å². The number of rotatable bonds is 2. The van der Waals surface area contributed by atoms with Crippen LogP contribution < -0.4 is 10.1 Å². The number of hydrogen-bond acceptors (Lipinski definition) is 3. The standard InChI is InChI=1S/C13H16N2O2/c16-13-11-8-15-12(7-9(11)5-6-14-13)17-10-3-1-2-4-10/h7-8,10H,1-6H2,(H,14,16). The quantitative estimate of drug-likeness (QED) is 0.844. The third-order valence-electron chi connectivity index (χ3n) is 3.48. The minimum atomic E-state index is -0.0221. The highest BCUT2D eigenvalue weighted by Crippen LogP contribution is 2.24. The molecule has 0 radical (unpaired) electrons. The molecule has 1 fully saturated rings. The fourth-order valence-corrected chi connectivity index (χ4v) is 2.53. The molecular formula is C13H16N2O2. The maximum absolute atomic E-state index is 11.5. The summed E-state index contributed by atoms with van der Waals surface area (Å²) in [5.41, 5.74) is 1.74. The van der Waals surface area contributed by atoms with Gasteiger partial charge in [0, 0.05) is 18.8 Å². The van der Waals surface area contributed by atoms with Crippen LogP contribution in [0.2, 0.25) is 0 Å². The number of carbonyl (C=O) groups is 1. The van der Waals surface area contributed by atoms with Crippen molar-refractivity contribution in [3.63, 3.8) is 0 Å². The van der Waals surface area contributed by atoms with Gasteiger partial charge in [-0.15, -0.1) is 0 Å². The number of pyridine rings is 1. The molecule has 1 amide bonds. The number of aromatic nitrogens is 1. The molecule has 4 nitrogen and oxygen atoms in total. The first kappa shape index (κ1) is 10.6. The van der Waals surface area contributed by atoms with Gasteiger partial charge in [-0.3, -0.25) is 4.79 Å². The molecule has 0 atom stereocenters. The van der Waals surface area contributed by atoms with Gasteiger partial charge in [-0.25, -0.2) is 4.98 Å². The Morgan fingerprint density at radius 1 is 1.35 bits per heavy atom. The Morgan fingerprint density at radius 3 is 3.00 bits per heavy atom. The zero-order valence-corrected chi connectivity index (χ0v) is 9.74. The summed E-state index contributed by atoms with van der Waals surface area (Å²) < 4.78 is 5.83. The molecule has 0 spiro atoms. The lowest BCUT2D eigenvalue weighted by Gasteiger charge is -2.18. The third kappa shape index (κ3) is 2.12. The second kappa shape index (κ2) is 4.35. The summed E-state index contributed by atoms with van der Waals surface area (Å²) in [7, 11) is 0. The molecule has 17 heavy (non-hydrogen) atoms. The van der Waals surface area contributed by atoms with Crippen molar-refractivity contribution in [1.82, 2.24) is 10.3 Å². The average molecular weight is 232 g/mol. The monoisotopic (exact) mass is 232 g/mol. The second-order valence-electron chi connectivity index (χ2n) is 4.71. The molecule has 1 N–H and O–H groups in total. The summed E-state index contributed by atoms with van der Waals surface area (Å²) in [5.74, 6) is 0.650. The normalized spacial score (nSPS) is 19.9. The first-order chi connectivity index (χ1) is 8.33. The summed E-state index contributed by atoms with van der Waals surface area (Å²) in [5, 5.41) is 2.81.